The number of aromatic nitrogens is 3. The summed E-state index contributed by atoms with van der Waals surface area (Å²) in [6.07, 6.45) is 4.91. The monoisotopic (exact) mass is 308 g/mol. The van der Waals surface area contributed by atoms with E-state index in [-0.39, 0.29) is 0 Å². The van der Waals surface area contributed by atoms with Crippen molar-refractivity contribution in [3.63, 3.8) is 0 Å². The Hall–Kier alpha value is -2.27. The van der Waals surface area contributed by atoms with E-state index in [4.69, 9.17) is 4.99 Å². The molecule has 22 heavy (non-hydrogen) atoms. The van der Waals surface area contributed by atoms with Crippen LogP contribution in [-0.4, -0.2) is 20.3 Å². The predicted molar refractivity (Wildman–Crippen MR) is 90.4 cm³/mol. The Bertz CT molecular complexity index is 871. The Kier molecular flexibility index (Phi) is 3.35. The van der Waals surface area contributed by atoms with Gasteiger partial charge in [-0.25, -0.2) is 9.50 Å². The molecular formula is C17H16N4S. The highest BCUT2D eigenvalue weighted by atomic mass is 32.1. The second-order valence-electron chi connectivity index (χ2n) is 5.41. The molecule has 0 bridgehead atoms. The molecule has 4 rings (SSSR count). The Labute approximate surface area is 132 Å². The van der Waals surface area contributed by atoms with Gasteiger partial charge < -0.3 is 0 Å². The zero-order valence-corrected chi connectivity index (χ0v) is 13.2. The van der Waals surface area contributed by atoms with Gasteiger partial charge >= 0.3 is 0 Å². The fourth-order valence-electron chi connectivity index (χ4n) is 2.66. The van der Waals surface area contributed by atoms with Crippen molar-refractivity contribution in [3.05, 3.63) is 58.2 Å². The fourth-order valence-corrected chi connectivity index (χ4v) is 3.37. The Morgan fingerprint density at radius 3 is 2.95 bits per heavy atom. The number of thiophene rings is 1. The van der Waals surface area contributed by atoms with E-state index in [1.54, 1.807) is 11.3 Å². The van der Waals surface area contributed by atoms with Gasteiger partial charge in [0.2, 0.25) is 0 Å². The third-order valence-electron chi connectivity index (χ3n) is 3.81. The van der Waals surface area contributed by atoms with Crippen LogP contribution in [0.25, 0.3) is 11.3 Å². The Morgan fingerprint density at radius 2 is 2.14 bits per heavy atom. The van der Waals surface area contributed by atoms with E-state index in [0.29, 0.717) is 0 Å². The predicted octanol–water partition coefficient (Wildman–Crippen LogP) is 3.92. The van der Waals surface area contributed by atoms with Crippen LogP contribution in [0, 0.1) is 6.92 Å². The third kappa shape index (κ3) is 2.48. The number of rotatable bonds is 4. The van der Waals surface area contributed by atoms with Crippen LogP contribution in [0.15, 0.2) is 46.8 Å². The van der Waals surface area contributed by atoms with Gasteiger partial charge in [0.15, 0.2) is 11.5 Å². The van der Waals surface area contributed by atoms with Crippen molar-refractivity contribution in [1.29, 1.82) is 0 Å². The number of allylic oxidation sites excluding steroid dienone is 1. The normalized spacial score (nSPS) is 14.4. The summed E-state index contributed by atoms with van der Waals surface area (Å²) in [7, 11) is 0. The lowest BCUT2D eigenvalue weighted by atomic mass is 10.1. The standard InChI is InChI=1S/C17H16N4S/c1-12-4-2-6-17-19-16(20-21(12)17)10-8-13-7-9-14(18-13)15-5-3-11-22-15/h2-6,9,11H,7-8,10H2,1H3. The molecule has 0 radical (unpaired) electrons. The molecule has 0 amide bonds. The van der Waals surface area contributed by atoms with Crippen LogP contribution in [0.2, 0.25) is 0 Å². The van der Waals surface area contributed by atoms with Crippen molar-refractivity contribution in [2.75, 3.05) is 0 Å². The van der Waals surface area contributed by atoms with Gasteiger partial charge in [-0.3, -0.25) is 4.99 Å². The molecule has 3 aromatic rings. The van der Waals surface area contributed by atoms with E-state index in [1.165, 1.54) is 10.6 Å². The zero-order valence-electron chi connectivity index (χ0n) is 12.4. The van der Waals surface area contributed by atoms with E-state index < -0.39 is 0 Å². The molecule has 110 valence electrons. The van der Waals surface area contributed by atoms with E-state index >= 15 is 0 Å². The van der Waals surface area contributed by atoms with Crippen LogP contribution >= 0.6 is 11.3 Å². The van der Waals surface area contributed by atoms with Crippen molar-refractivity contribution in [1.82, 2.24) is 14.6 Å². The maximum Gasteiger partial charge on any atom is 0.155 e. The van der Waals surface area contributed by atoms with Crippen molar-refractivity contribution >= 4 is 28.4 Å². The molecule has 3 aromatic heterocycles. The largest absolute Gasteiger partial charge is 0.256 e. The number of fused-ring (bicyclic) bond motifs is 1. The molecule has 4 nitrogen and oxygen atoms in total. The number of aryl methyl sites for hydroxylation is 2. The molecule has 5 heteroatoms. The summed E-state index contributed by atoms with van der Waals surface area (Å²) in [6.45, 7) is 2.05. The molecule has 0 unspecified atom stereocenters. The lowest BCUT2D eigenvalue weighted by Crippen LogP contribution is -1.99. The second-order valence-corrected chi connectivity index (χ2v) is 6.36. The molecule has 1 aliphatic rings. The summed E-state index contributed by atoms with van der Waals surface area (Å²) in [5.41, 5.74) is 4.36. The van der Waals surface area contributed by atoms with Crippen LogP contribution in [0.1, 0.15) is 29.2 Å². The minimum atomic E-state index is 0.839. The number of pyridine rings is 1. The van der Waals surface area contributed by atoms with Crippen LogP contribution in [0.3, 0.4) is 0 Å². The summed E-state index contributed by atoms with van der Waals surface area (Å²) >= 11 is 1.74. The zero-order chi connectivity index (χ0) is 14.9. The van der Waals surface area contributed by atoms with Crippen LogP contribution < -0.4 is 0 Å². The maximum absolute atomic E-state index is 4.74. The smallest absolute Gasteiger partial charge is 0.155 e. The molecule has 0 fully saturated rings. The summed E-state index contributed by atoms with van der Waals surface area (Å²) in [6, 6.07) is 10.2. The van der Waals surface area contributed by atoms with E-state index in [2.05, 4.69) is 33.7 Å². The summed E-state index contributed by atoms with van der Waals surface area (Å²) < 4.78 is 1.90. The van der Waals surface area contributed by atoms with Gasteiger partial charge in [-0.2, -0.15) is 5.10 Å². The first-order valence-electron chi connectivity index (χ1n) is 7.41. The van der Waals surface area contributed by atoms with Gasteiger partial charge in [0.25, 0.3) is 0 Å². The second kappa shape index (κ2) is 5.50. The van der Waals surface area contributed by atoms with Gasteiger partial charge in [0, 0.05) is 24.2 Å². The lowest BCUT2D eigenvalue weighted by Gasteiger charge is -1.97. The molecular weight excluding hydrogens is 292 g/mol. The van der Waals surface area contributed by atoms with E-state index in [1.807, 2.05) is 29.6 Å². The maximum atomic E-state index is 4.74. The average Bonchev–Trinajstić information content (AvgIpc) is 3.25. The molecule has 0 saturated carbocycles. The van der Waals surface area contributed by atoms with Crippen molar-refractivity contribution in [2.24, 2.45) is 4.99 Å². The van der Waals surface area contributed by atoms with Gasteiger partial charge in [-0.05, 0) is 36.9 Å². The molecule has 1 aliphatic heterocycles. The van der Waals surface area contributed by atoms with Crippen molar-refractivity contribution in [2.45, 2.75) is 26.2 Å². The Balaban J connectivity index is 1.47. The molecule has 0 N–H and O–H groups in total. The van der Waals surface area contributed by atoms with Crippen LogP contribution in [0.5, 0.6) is 0 Å². The average molecular weight is 308 g/mol. The molecule has 0 saturated heterocycles. The SMILES string of the molecule is Cc1cccc2nc(CCC3=NC(c4cccs4)=CC3)nn12. The third-order valence-corrected chi connectivity index (χ3v) is 4.71. The Morgan fingerprint density at radius 1 is 1.18 bits per heavy atom. The van der Waals surface area contributed by atoms with Crippen LogP contribution in [0.4, 0.5) is 0 Å². The highest BCUT2D eigenvalue weighted by molar-refractivity contribution is 7.11. The van der Waals surface area contributed by atoms with Gasteiger partial charge in [0.05, 0.1) is 10.6 Å². The van der Waals surface area contributed by atoms with Crippen molar-refractivity contribution in [3.8, 4) is 0 Å². The molecule has 0 aromatic carbocycles. The fraction of sp³-hybridized carbons (Fsp3) is 0.235. The van der Waals surface area contributed by atoms with E-state index in [0.717, 1.165) is 42.1 Å². The first kappa shape index (κ1) is 13.4. The minimum Gasteiger partial charge on any atom is -0.256 e. The quantitative estimate of drug-likeness (QED) is 0.733. The highest BCUT2D eigenvalue weighted by Crippen LogP contribution is 2.27. The topological polar surface area (TPSA) is 42.5 Å². The first-order chi connectivity index (χ1) is 10.8. The minimum absolute atomic E-state index is 0.839. The number of hydrogen-bond donors (Lipinski definition) is 0. The molecule has 0 spiro atoms. The van der Waals surface area contributed by atoms with E-state index in [9.17, 15) is 0 Å². The molecule has 0 atom stereocenters. The first-order valence-corrected chi connectivity index (χ1v) is 8.29. The number of hydrogen-bond acceptors (Lipinski definition) is 4. The number of nitrogens with zero attached hydrogens (tertiary/aromatic N) is 4. The summed E-state index contributed by atoms with van der Waals surface area (Å²) in [5.74, 6) is 0.890. The van der Waals surface area contributed by atoms with Crippen molar-refractivity contribution < 1.29 is 0 Å². The lowest BCUT2D eigenvalue weighted by molar-refractivity contribution is 0.841. The number of aliphatic imine (C=N–C) groups is 1. The van der Waals surface area contributed by atoms with Gasteiger partial charge in [0.1, 0.15) is 0 Å². The summed E-state index contributed by atoms with van der Waals surface area (Å²) in [5, 5.41) is 6.67. The van der Waals surface area contributed by atoms with Gasteiger partial charge in [-0.1, -0.05) is 18.2 Å². The molecule has 0 aliphatic carbocycles. The summed E-state index contributed by atoms with van der Waals surface area (Å²) in [4.78, 5) is 10.6. The van der Waals surface area contributed by atoms with Crippen LogP contribution in [-0.2, 0) is 6.42 Å². The molecule has 4 heterocycles. The highest BCUT2D eigenvalue weighted by Gasteiger charge is 2.12. The van der Waals surface area contributed by atoms with Gasteiger partial charge in [-0.15, -0.1) is 11.3 Å².